The fraction of sp³-hybridized carbons (Fsp3) is 0.500. The first-order chi connectivity index (χ1) is 5.35. The molecule has 3 heteroatoms. The largest absolute Gasteiger partial charge is 0.474 e. The monoisotopic (exact) mass is 158 g/mol. The molecule has 0 amide bonds. The van der Waals surface area contributed by atoms with Crippen molar-refractivity contribution in [3.05, 3.63) is 25.7 Å². The van der Waals surface area contributed by atoms with E-state index >= 15 is 0 Å². The van der Waals surface area contributed by atoms with Gasteiger partial charge < -0.3 is 14.6 Å². The van der Waals surface area contributed by atoms with Gasteiger partial charge in [0.25, 0.3) is 0 Å². The van der Waals surface area contributed by atoms with Gasteiger partial charge in [-0.25, -0.2) is 0 Å². The van der Waals surface area contributed by atoms with Gasteiger partial charge in [0.2, 0.25) is 0 Å². The Morgan fingerprint density at radius 3 is 2.09 bits per heavy atom. The standard InChI is InChI=1S/C4H8O2.C4H6O/c5-3-4-1-2-6-4;1-3-5-4-2/h4-5H,1-3H2;3-4H,1-2H2. The molecule has 0 spiro atoms. The van der Waals surface area contributed by atoms with Crippen LogP contribution >= 0.6 is 0 Å². The fourth-order valence-electron chi connectivity index (χ4n) is 0.497. The number of aliphatic hydroxyl groups is 1. The molecule has 1 rings (SSSR count). The zero-order valence-corrected chi connectivity index (χ0v) is 6.53. The van der Waals surface area contributed by atoms with Gasteiger partial charge in [-0.2, -0.15) is 0 Å². The van der Waals surface area contributed by atoms with Crippen LogP contribution in [-0.4, -0.2) is 24.4 Å². The maximum Gasteiger partial charge on any atom is 0.0829 e. The average Bonchev–Trinajstić information content (AvgIpc) is 1.88. The van der Waals surface area contributed by atoms with E-state index in [0.717, 1.165) is 13.0 Å². The zero-order valence-electron chi connectivity index (χ0n) is 6.53. The molecule has 1 heterocycles. The summed E-state index contributed by atoms with van der Waals surface area (Å²) < 4.78 is 9.19. The Kier molecular flexibility index (Phi) is 6.78. The lowest BCUT2D eigenvalue weighted by atomic mass is 10.2. The Balaban J connectivity index is 0.000000187. The summed E-state index contributed by atoms with van der Waals surface area (Å²) in [5.74, 6) is 0. The molecule has 1 N–H and O–H groups in total. The Morgan fingerprint density at radius 1 is 1.55 bits per heavy atom. The second-order valence-electron chi connectivity index (χ2n) is 1.93. The molecule has 0 radical (unpaired) electrons. The molecule has 0 aromatic heterocycles. The van der Waals surface area contributed by atoms with Crippen molar-refractivity contribution in [1.82, 2.24) is 0 Å². The molecule has 1 aliphatic rings. The van der Waals surface area contributed by atoms with Crippen molar-refractivity contribution >= 4 is 0 Å². The van der Waals surface area contributed by atoms with E-state index in [9.17, 15) is 0 Å². The van der Waals surface area contributed by atoms with Crippen molar-refractivity contribution < 1.29 is 14.6 Å². The Labute approximate surface area is 66.9 Å². The van der Waals surface area contributed by atoms with Gasteiger partial charge in [0.05, 0.1) is 25.2 Å². The second kappa shape index (κ2) is 7.31. The lowest BCUT2D eigenvalue weighted by molar-refractivity contribution is -0.0773. The van der Waals surface area contributed by atoms with E-state index in [1.807, 2.05) is 0 Å². The Bertz CT molecular complexity index is 99.1. The third kappa shape index (κ3) is 5.63. The summed E-state index contributed by atoms with van der Waals surface area (Å²) >= 11 is 0. The first-order valence-electron chi connectivity index (χ1n) is 3.45. The van der Waals surface area contributed by atoms with Crippen LogP contribution in [0.3, 0.4) is 0 Å². The molecule has 11 heavy (non-hydrogen) atoms. The van der Waals surface area contributed by atoms with Crippen molar-refractivity contribution in [1.29, 1.82) is 0 Å². The molecule has 0 aliphatic carbocycles. The van der Waals surface area contributed by atoms with Crippen molar-refractivity contribution in [2.75, 3.05) is 13.2 Å². The minimum atomic E-state index is 0.171. The third-order valence-electron chi connectivity index (χ3n) is 1.19. The highest BCUT2D eigenvalue weighted by Gasteiger charge is 2.15. The summed E-state index contributed by atoms with van der Waals surface area (Å²) in [6.45, 7) is 7.55. The van der Waals surface area contributed by atoms with Gasteiger partial charge in [0, 0.05) is 6.61 Å². The van der Waals surface area contributed by atoms with Crippen molar-refractivity contribution in [3.63, 3.8) is 0 Å². The van der Waals surface area contributed by atoms with Gasteiger partial charge in [0.1, 0.15) is 0 Å². The number of ether oxygens (including phenoxy) is 2. The summed E-state index contributed by atoms with van der Waals surface area (Å²) in [6, 6.07) is 0. The van der Waals surface area contributed by atoms with E-state index in [4.69, 9.17) is 9.84 Å². The Hall–Kier alpha value is -0.800. The summed E-state index contributed by atoms with van der Waals surface area (Å²) in [6.07, 6.45) is 3.83. The Morgan fingerprint density at radius 2 is 2.09 bits per heavy atom. The van der Waals surface area contributed by atoms with E-state index in [1.165, 1.54) is 12.5 Å². The number of rotatable bonds is 3. The van der Waals surface area contributed by atoms with Crippen LogP contribution < -0.4 is 0 Å². The van der Waals surface area contributed by atoms with Crippen molar-refractivity contribution in [3.8, 4) is 0 Å². The van der Waals surface area contributed by atoms with Gasteiger partial charge in [0.15, 0.2) is 0 Å². The SMILES string of the molecule is C=COC=C.OCC1CCO1. The fourth-order valence-corrected chi connectivity index (χ4v) is 0.497. The molecule has 1 aliphatic heterocycles. The summed E-state index contributed by atoms with van der Waals surface area (Å²) in [4.78, 5) is 0. The predicted molar refractivity (Wildman–Crippen MR) is 42.9 cm³/mol. The molecule has 0 bridgehead atoms. The topological polar surface area (TPSA) is 38.7 Å². The smallest absolute Gasteiger partial charge is 0.0829 e. The number of hydrogen-bond donors (Lipinski definition) is 1. The lowest BCUT2D eigenvalue weighted by Gasteiger charge is -2.23. The van der Waals surface area contributed by atoms with Crippen LogP contribution in [0.2, 0.25) is 0 Å². The van der Waals surface area contributed by atoms with E-state index in [0.29, 0.717) is 0 Å². The van der Waals surface area contributed by atoms with Gasteiger partial charge in [-0.15, -0.1) is 0 Å². The third-order valence-corrected chi connectivity index (χ3v) is 1.19. The normalized spacial score (nSPS) is 20.3. The highest BCUT2D eigenvalue weighted by atomic mass is 16.5. The number of hydrogen-bond acceptors (Lipinski definition) is 3. The van der Waals surface area contributed by atoms with Crippen LogP contribution in [0, 0.1) is 0 Å². The molecular formula is C8H14O3. The molecule has 1 unspecified atom stereocenters. The minimum Gasteiger partial charge on any atom is -0.474 e. The molecule has 1 atom stereocenters. The van der Waals surface area contributed by atoms with Gasteiger partial charge in [-0.3, -0.25) is 0 Å². The summed E-state index contributed by atoms with van der Waals surface area (Å²) in [7, 11) is 0. The first-order valence-corrected chi connectivity index (χ1v) is 3.45. The maximum atomic E-state index is 8.26. The van der Waals surface area contributed by atoms with Crippen molar-refractivity contribution in [2.45, 2.75) is 12.5 Å². The molecule has 0 saturated carbocycles. The predicted octanol–water partition coefficient (Wildman–Crippen LogP) is 1.06. The summed E-state index contributed by atoms with van der Waals surface area (Å²) in [5, 5.41) is 8.26. The number of aliphatic hydroxyl groups excluding tert-OH is 1. The van der Waals surface area contributed by atoms with Crippen LogP contribution in [0.5, 0.6) is 0 Å². The van der Waals surface area contributed by atoms with E-state index in [1.54, 1.807) is 0 Å². The second-order valence-corrected chi connectivity index (χ2v) is 1.93. The van der Waals surface area contributed by atoms with E-state index in [2.05, 4.69) is 17.9 Å². The molecular weight excluding hydrogens is 144 g/mol. The van der Waals surface area contributed by atoms with E-state index in [-0.39, 0.29) is 12.7 Å². The molecule has 3 nitrogen and oxygen atoms in total. The van der Waals surface area contributed by atoms with Crippen LogP contribution in [0.25, 0.3) is 0 Å². The highest BCUT2D eigenvalue weighted by molar-refractivity contribution is 4.62. The average molecular weight is 158 g/mol. The molecule has 1 fully saturated rings. The highest BCUT2D eigenvalue weighted by Crippen LogP contribution is 2.07. The van der Waals surface area contributed by atoms with Crippen LogP contribution in [0.4, 0.5) is 0 Å². The van der Waals surface area contributed by atoms with Gasteiger partial charge in [-0.05, 0) is 6.42 Å². The molecule has 64 valence electrons. The zero-order chi connectivity index (χ0) is 8.53. The molecule has 1 saturated heterocycles. The molecule has 0 aromatic rings. The van der Waals surface area contributed by atoms with Crippen molar-refractivity contribution in [2.24, 2.45) is 0 Å². The van der Waals surface area contributed by atoms with Gasteiger partial charge >= 0.3 is 0 Å². The van der Waals surface area contributed by atoms with Crippen LogP contribution in [0.15, 0.2) is 25.7 Å². The maximum absolute atomic E-state index is 8.26. The molecule has 0 aromatic carbocycles. The van der Waals surface area contributed by atoms with Crippen LogP contribution in [-0.2, 0) is 9.47 Å². The lowest BCUT2D eigenvalue weighted by Crippen LogP contribution is -2.29. The minimum absolute atomic E-state index is 0.171. The van der Waals surface area contributed by atoms with E-state index < -0.39 is 0 Å². The summed E-state index contributed by atoms with van der Waals surface area (Å²) in [5.41, 5.74) is 0. The quantitative estimate of drug-likeness (QED) is 0.624. The van der Waals surface area contributed by atoms with Gasteiger partial charge in [-0.1, -0.05) is 13.2 Å². The first kappa shape index (κ1) is 10.2. The van der Waals surface area contributed by atoms with Crippen LogP contribution in [0.1, 0.15) is 6.42 Å².